The minimum absolute atomic E-state index is 0.0492. The zero-order chi connectivity index (χ0) is 29.3. The predicted molar refractivity (Wildman–Crippen MR) is 158 cm³/mol. The van der Waals surface area contributed by atoms with Crippen molar-refractivity contribution in [3.63, 3.8) is 0 Å². The largest absolute Gasteiger partial charge is 0.495 e. The van der Waals surface area contributed by atoms with Crippen molar-refractivity contribution in [2.24, 2.45) is 5.92 Å². The summed E-state index contributed by atoms with van der Waals surface area (Å²) in [6.07, 6.45) is 0.363. The Morgan fingerprint density at radius 2 is 1.55 bits per heavy atom. The molecule has 1 N–H and O–H groups in total. The lowest BCUT2D eigenvalue weighted by atomic mass is 10.1. The Kier molecular flexibility index (Phi) is 10.7. The lowest BCUT2D eigenvalue weighted by Gasteiger charge is -2.33. The molecule has 0 aliphatic rings. The van der Waals surface area contributed by atoms with Crippen molar-refractivity contribution < 1.29 is 22.7 Å². The highest BCUT2D eigenvalue weighted by Gasteiger charge is 2.34. The average molecular weight is 566 g/mol. The Balaban J connectivity index is 2.07. The summed E-state index contributed by atoms with van der Waals surface area (Å²) < 4.78 is 34.5. The molecule has 0 spiro atoms. The third-order valence-electron chi connectivity index (χ3n) is 6.51. The van der Waals surface area contributed by atoms with Crippen molar-refractivity contribution in [3.8, 4) is 5.75 Å². The van der Waals surface area contributed by atoms with Crippen LogP contribution in [-0.2, 0) is 26.2 Å². The molecule has 8 nitrogen and oxygen atoms in total. The Labute approximate surface area is 238 Å². The summed E-state index contributed by atoms with van der Waals surface area (Å²) in [5, 5.41) is 2.93. The van der Waals surface area contributed by atoms with Crippen molar-refractivity contribution in [1.29, 1.82) is 0 Å². The molecule has 40 heavy (non-hydrogen) atoms. The van der Waals surface area contributed by atoms with Crippen molar-refractivity contribution in [2.75, 3.05) is 24.5 Å². The Morgan fingerprint density at radius 3 is 2.15 bits per heavy atom. The van der Waals surface area contributed by atoms with Gasteiger partial charge in [0.1, 0.15) is 18.3 Å². The summed E-state index contributed by atoms with van der Waals surface area (Å²) in [5.74, 6) is -0.231. The maximum atomic E-state index is 14.1. The molecule has 214 valence electrons. The normalized spacial score (nSPS) is 12.1. The van der Waals surface area contributed by atoms with Crippen LogP contribution in [0.3, 0.4) is 0 Å². The van der Waals surface area contributed by atoms with Crippen LogP contribution in [0.2, 0.25) is 0 Å². The van der Waals surface area contributed by atoms with Gasteiger partial charge in [0.15, 0.2) is 0 Å². The van der Waals surface area contributed by atoms with Crippen LogP contribution >= 0.6 is 0 Å². The molecule has 0 radical (unpaired) electrons. The Bertz CT molecular complexity index is 1380. The van der Waals surface area contributed by atoms with Gasteiger partial charge in [-0.2, -0.15) is 0 Å². The van der Waals surface area contributed by atoms with Crippen molar-refractivity contribution in [2.45, 2.75) is 51.6 Å². The maximum Gasteiger partial charge on any atom is 0.264 e. The third-order valence-corrected chi connectivity index (χ3v) is 8.28. The number of nitrogens with zero attached hydrogens (tertiary/aromatic N) is 2. The molecule has 3 rings (SSSR count). The van der Waals surface area contributed by atoms with E-state index in [4.69, 9.17) is 4.74 Å². The Morgan fingerprint density at radius 1 is 0.925 bits per heavy atom. The molecule has 9 heteroatoms. The summed E-state index contributed by atoms with van der Waals surface area (Å²) in [7, 11) is -2.72. The molecule has 0 heterocycles. The second-order valence-electron chi connectivity index (χ2n) is 10.1. The zero-order valence-electron chi connectivity index (χ0n) is 23.8. The van der Waals surface area contributed by atoms with Gasteiger partial charge in [-0.25, -0.2) is 8.42 Å². The van der Waals surface area contributed by atoms with Gasteiger partial charge in [-0.15, -0.1) is 0 Å². The van der Waals surface area contributed by atoms with E-state index in [0.717, 1.165) is 15.4 Å². The van der Waals surface area contributed by atoms with E-state index in [-0.39, 0.29) is 29.0 Å². The fourth-order valence-electron chi connectivity index (χ4n) is 4.31. The first kappa shape index (κ1) is 30.7. The topological polar surface area (TPSA) is 96.0 Å². The number of anilines is 1. The molecule has 0 saturated heterocycles. The van der Waals surface area contributed by atoms with Crippen LogP contribution < -0.4 is 14.4 Å². The third kappa shape index (κ3) is 7.63. The van der Waals surface area contributed by atoms with E-state index < -0.39 is 28.5 Å². The van der Waals surface area contributed by atoms with Gasteiger partial charge < -0.3 is 15.0 Å². The number of amides is 2. The number of rotatable bonds is 13. The number of sulfonamides is 1. The summed E-state index contributed by atoms with van der Waals surface area (Å²) in [6, 6.07) is 21.7. The van der Waals surface area contributed by atoms with Gasteiger partial charge in [0.05, 0.1) is 17.7 Å². The van der Waals surface area contributed by atoms with Crippen molar-refractivity contribution >= 4 is 27.5 Å². The van der Waals surface area contributed by atoms with Crippen LogP contribution in [0.25, 0.3) is 0 Å². The van der Waals surface area contributed by atoms with Gasteiger partial charge in [-0.05, 0) is 49.1 Å². The number of hydrogen-bond donors (Lipinski definition) is 1. The number of ether oxygens (including phenoxy) is 1. The van der Waals surface area contributed by atoms with Crippen LogP contribution in [0.15, 0.2) is 83.8 Å². The number of hydrogen-bond acceptors (Lipinski definition) is 5. The average Bonchev–Trinajstić information content (AvgIpc) is 2.95. The van der Waals surface area contributed by atoms with Crippen LogP contribution in [0.5, 0.6) is 5.75 Å². The molecule has 0 aliphatic heterocycles. The second kappa shape index (κ2) is 14.0. The molecule has 0 saturated carbocycles. The van der Waals surface area contributed by atoms with E-state index in [0.29, 0.717) is 18.7 Å². The molecular formula is C31H39N3O5S. The van der Waals surface area contributed by atoms with Crippen LogP contribution in [-0.4, -0.2) is 51.4 Å². The monoisotopic (exact) mass is 565 g/mol. The van der Waals surface area contributed by atoms with Crippen molar-refractivity contribution in [3.05, 3.63) is 90.0 Å². The molecule has 0 aromatic heterocycles. The number of methoxy groups -OCH3 is 1. The first-order valence-electron chi connectivity index (χ1n) is 13.4. The number of carbonyl (C=O) groups is 2. The smallest absolute Gasteiger partial charge is 0.264 e. The molecule has 3 aromatic rings. The standard InChI is InChI=1S/C31H39N3O5S/c1-6-27(31(36)32-20-23(2)3)33(21-25-12-8-7-9-13-25)30(35)22-34(28-14-10-11-15-29(28)39-5)40(37,38)26-18-16-24(4)17-19-26/h7-19,23,27H,6,20-22H2,1-5H3,(H,32,36)/t27-/m1/s1. The fourth-order valence-corrected chi connectivity index (χ4v) is 5.73. The van der Waals surface area contributed by atoms with E-state index in [1.54, 1.807) is 36.4 Å². The second-order valence-corrected chi connectivity index (χ2v) is 11.9. The van der Waals surface area contributed by atoms with E-state index in [2.05, 4.69) is 5.32 Å². The molecule has 1 atom stereocenters. The number of para-hydroxylation sites is 2. The van der Waals surface area contributed by atoms with Gasteiger partial charge in [-0.1, -0.05) is 80.9 Å². The van der Waals surface area contributed by atoms with Gasteiger partial charge in [-0.3, -0.25) is 13.9 Å². The Hall–Kier alpha value is -3.85. The fraction of sp³-hybridized carbons (Fsp3) is 0.355. The number of nitrogens with one attached hydrogen (secondary N) is 1. The van der Waals surface area contributed by atoms with Crippen LogP contribution in [0, 0.1) is 12.8 Å². The van der Waals surface area contributed by atoms with Gasteiger partial charge in [0.2, 0.25) is 11.8 Å². The van der Waals surface area contributed by atoms with Crippen LogP contribution in [0.4, 0.5) is 5.69 Å². The molecule has 0 aliphatic carbocycles. The summed E-state index contributed by atoms with van der Waals surface area (Å²) >= 11 is 0. The number of carbonyl (C=O) groups excluding carboxylic acids is 2. The van der Waals surface area contributed by atoms with Gasteiger partial charge >= 0.3 is 0 Å². The highest BCUT2D eigenvalue weighted by Crippen LogP contribution is 2.32. The first-order valence-corrected chi connectivity index (χ1v) is 14.9. The van der Waals surface area contributed by atoms with E-state index in [9.17, 15) is 18.0 Å². The summed E-state index contributed by atoms with van der Waals surface area (Å²) in [5.41, 5.74) is 1.97. The number of aryl methyl sites for hydroxylation is 1. The SMILES string of the molecule is CC[C@H](C(=O)NCC(C)C)N(Cc1ccccc1)C(=O)CN(c1ccccc1OC)S(=O)(=O)c1ccc(C)cc1. The van der Waals surface area contributed by atoms with Crippen LogP contribution in [0.1, 0.15) is 38.3 Å². The summed E-state index contributed by atoms with van der Waals surface area (Å²) in [4.78, 5) is 28.9. The van der Waals surface area contributed by atoms with E-state index in [1.807, 2.05) is 58.0 Å². The lowest BCUT2D eigenvalue weighted by molar-refractivity contribution is -0.140. The molecule has 3 aromatic carbocycles. The quantitative estimate of drug-likeness (QED) is 0.322. The van der Waals surface area contributed by atoms with Crippen molar-refractivity contribution in [1.82, 2.24) is 10.2 Å². The maximum absolute atomic E-state index is 14.1. The van der Waals surface area contributed by atoms with E-state index >= 15 is 0 Å². The minimum atomic E-state index is -4.17. The predicted octanol–water partition coefficient (Wildman–Crippen LogP) is 4.78. The lowest BCUT2D eigenvalue weighted by Crippen LogP contribution is -2.52. The molecule has 0 unspecified atom stereocenters. The first-order chi connectivity index (χ1) is 19.1. The highest BCUT2D eigenvalue weighted by atomic mass is 32.2. The highest BCUT2D eigenvalue weighted by molar-refractivity contribution is 7.92. The minimum Gasteiger partial charge on any atom is -0.495 e. The van der Waals surface area contributed by atoms with Gasteiger partial charge in [0.25, 0.3) is 10.0 Å². The van der Waals surface area contributed by atoms with Gasteiger partial charge in [0, 0.05) is 13.1 Å². The number of benzene rings is 3. The molecule has 2 amide bonds. The zero-order valence-corrected chi connectivity index (χ0v) is 24.6. The molecule has 0 bridgehead atoms. The molecular weight excluding hydrogens is 526 g/mol. The molecule has 0 fully saturated rings. The summed E-state index contributed by atoms with van der Waals surface area (Å²) in [6.45, 7) is 7.80. The van der Waals surface area contributed by atoms with E-state index in [1.165, 1.54) is 24.1 Å².